The monoisotopic (exact) mass is 208 g/mol. The fraction of sp³-hybridized carbons (Fsp3) is 0.600. The molecule has 1 saturated heterocycles. The molecule has 1 aliphatic heterocycles. The van der Waals surface area contributed by atoms with Crippen molar-refractivity contribution in [2.75, 3.05) is 13.6 Å². The third-order valence-electron chi connectivity index (χ3n) is 3.06. The van der Waals surface area contributed by atoms with Crippen molar-refractivity contribution in [1.82, 2.24) is 14.7 Å². The van der Waals surface area contributed by atoms with Crippen LogP contribution in [0.1, 0.15) is 18.0 Å². The molecule has 2 rings (SSSR count). The van der Waals surface area contributed by atoms with Crippen molar-refractivity contribution in [3.63, 3.8) is 0 Å². The summed E-state index contributed by atoms with van der Waals surface area (Å²) in [4.78, 5) is 13.3. The molecule has 1 aliphatic rings. The van der Waals surface area contributed by atoms with E-state index in [2.05, 4.69) is 5.10 Å². The smallest absolute Gasteiger partial charge is 0.223 e. The van der Waals surface area contributed by atoms with Crippen molar-refractivity contribution in [1.29, 1.82) is 0 Å². The summed E-state index contributed by atoms with van der Waals surface area (Å²) in [5.41, 5.74) is 6.76. The van der Waals surface area contributed by atoms with Crippen molar-refractivity contribution < 1.29 is 4.79 Å². The average Bonchev–Trinajstić information content (AvgIpc) is 2.73. The van der Waals surface area contributed by atoms with E-state index >= 15 is 0 Å². The van der Waals surface area contributed by atoms with Crippen LogP contribution in [0.3, 0.4) is 0 Å². The van der Waals surface area contributed by atoms with Crippen molar-refractivity contribution >= 4 is 5.91 Å². The van der Waals surface area contributed by atoms with Crippen LogP contribution in [0.4, 0.5) is 0 Å². The second-order valence-corrected chi connectivity index (χ2v) is 4.10. The Morgan fingerprint density at radius 1 is 1.60 bits per heavy atom. The van der Waals surface area contributed by atoms with E-state index in [1.165, 1.54) is 0 Å². The second-order valence-electron chi connectivity index (χ2n) is 4.10. The van der Waals surface area contributed by atoms with E-state index in [1.807, 2.05) is 26.5 Å². The molecule has 82 valence electrons. The molecule has 0 bridgehead atoms. The maximum Gasteiger partial charge on any atom is 0.223 e. The number of hydrogen-bond acceptors (Lipinski definition) is 3. The Morgan fingerprint density at radius 3 is 2.87 bits per heavy atom. The number of hydrogen-bond donors (Lipinski definition) is 1. The highest BCUT2D eigenvalue weighted by Gasteiger charge is 2.38. The van der Waals surface area contributed by atoms with Gasteiger partial charge in [-0.1, -0.05) is 0 Å². The Labute approximate surface area is 88.8 Å². The zero-order chi connectivity index (χ0) is 11.0. The lowest BCUT2D eigenvalue weighted by Crippen LogP contribution is -2.26. The molecule has 1 fully saturated rings. The number of aryl methyl sites for hydroxylation is 1. The van der Waals surface area contributed by atoms with Crippen LogP contribution < -0.4 is 5.73 Å². The topological polar surface area (TPSA) is 64.2 Å². The Morgan fingerprint density at radius 2 is 2.33 bits per heavy atom. The van der Waals surface area contributed by atoms with Crippen LogP contribution in [0.5, 0.6) is 0 Å². The van der Waals surface area contributed by atoms with Gasteiger partial charge in [-0.25, -0.2) is 0 Å². The predicted octanol–water partition coefficient (Wildman–Crippen LogP) is -0.102. The van der Waals surface area contributed by atoms with Gasteiger partial charge in [0.15, 0.2) is 0 Å². The van der Waals surface area contributed by atoms with E-state index in [1.54, 1.807) is 9.58 Å². The van der Waals surface area contributed by atoms with Gasteiger partial charge in [0.1, 0.15) is 0 Å². The first kappa shape index (κ1) is 10.2. The molecular weight excluding hydrogens is 192 g/mol. The van der Waals surface area contributed by atoms with Crippen molar-refractivity contribution in [2.24, 2.45) is 18.7 Å². The van der Waals surface area contributed by atoms with Crippen LogP contribution >= 0.6 is 0 Å². The summed E-state index contributed by atoms with van der Waals surface area (Å²) in [5.74, 6) is 0.381. The lowest BCUT2D eigenvalue weighted by Gasteiger charge is -2.22. The largest absolute Gasteiger partial charge is 0.338 e. The number of carbonyl (C=O) groups is 1. The highest BCUT2D eigenvalue weighted by Crippen LogP contribution is 2.35. The molecule has 0 spiro atoms. The number of aromatic nitrogens is 2. The Bertz CT molecular complexity index is 373. The van der Waals surface area contributed by atoms with E-state index in [0.29, 0.717) is 13.0 Å². The minimum absolute atomic E-state index is 0.0937. The molecule has 2 atom stereocenters. The number of rotatable bonds is 2. The Kier molecular flexibility index (Phi) is 2.48. The molecule has 0 saturated carbocycles. The minimum Gasteiger partial charge on any atom is -0.338 e. The summed E-state index contributed by atoms with van der Waals surface area (Å²) in [6.45, 7) is 0.537. The second kappa shape index (κ2) is 3.66. The summed E-state index contributed by atoms with van der Waals surface area (Å²) in [6, 6.07) is 0.0937. The van der Waals surface area contributed by atoms with Crippen LogP contribution in [0, 0.1) is 5.92 Å². The molecule has 1 aromatic heterocycles. The third-order valence-corrected chi connectivity index (χ3v) is 3.06. The van der Waals surface area contributed by atoms with Crippen LogP contribution in [0.15, 0.2) is 12.4 Å². The molecule has 0 radical (unpaired) electrons. The number of carbonyl (C=O) groups excluding carboxylic acids is 1. The summed E-state index contributed by atoms with van der Waals surface area (Å²) >= 11 is 0. The van der Waals surface area contributed by atoms with Gasteiger partial charge in [-0.2, -0.15) is 5.10 Å². The SMILES string of the molecule is CN1C(=O)C[C@H](CN)[C@H]1c1cnn(C)c1. The quantitative estimate of drug-likeness (QED) is 0.738. The zero-order valence-corrected chi connectivity index (χ0v) is 9.05. The first-order valence-electron chi connectivity index (χ1n) is 5.07. The normalized spacial score (nSPS) is 26.3. The van der Waals surface area contributed by atoms with E-state index in [9.17, 15) is 4.79 Å². The summed E-state index contributed by atoms with van der Waals surface area (Å²) in [5, 5.41) is 4.13. The fourth-order valence-corrected chi connectivity index (χ4v) is 2.25. The van der Waals surface area contributed by atoms with Gasteiger partial charge in [-0.3, -0.25) is 9.48 Å². The molecule has 0 aliphatic carbocycles. The molecule has 2 heterocycles. The third kappa shape index (κ3) is 1.63. The molecular formula is C10H16N4O. The van der Waals surface area contributed by atoms with E-state index in [0.717, 1.165) is 5.56 Å². The van der Waals surface area contributed by atoms with Crippen molar-refractivity contribution in [3.05, 3.63) is 18.0 Å². The fourth-order valence-electron chi connectivity index (χ4n) is 2.25. The van der Waals surface area contributed by atoms with E-state index < -0.39 is 0 Å². The zero-order valence-electron chi connectivity index (χ0n) is 9.05. The molecule has 2 N–H and O–H groups in total. The van der Waals surface area contributed by atoms with Gasteiger partial charge >= 0.3 is 0 Å². The van der Waals surface area contributed by atoms with Crippen LogP contribution in [0.2, 0.25) is 0 Å². The molecule has 0 unspecified atom stereocenters. The minimum atomic E-state index is 0.0937. The molecule has 1 aromatic rings. The molecule has 1 amide bonds. The Hall–Kier alpha value is -1.36. The molecule has 5 heteroatoms. The molecule has 15 heavy (non-hydrogen) atoms. The van der Waals surface area contributed by atoms with Gasteiger partial charge in [0.2, 0.25) is 5.91 Å². The van der Waals surface area contributed by atoms with Crippen LogP contribution in [-0.2, 0) is 11.8 Å². The number of likely N-dealkylation sites (tertiary alicyclic amines) is 1. The Balaban J connectivity index is 2.30. The first-order chi connectivity index (χ1) is 7.13. The van der Waals surface area contributed by atoms with Crippen molar-refractivity contribution in [3.8, 4) is 0 Å². The van der Waals surface area contributed by atoms with Gasteiger partial charge in [-0.15, -0.1) is 0 Å². The molecule has 5 nitrogen and oxygen atoms in total. The van der Waals surface area contributed by atoms with Gasteiger partial charge in [0, 0.05) is 38.2 Å². The maximum atomic E-state index is 11.6. The van der Waals surface area contributed by atoms with Crippen LogP contribution in [-0.4, -0.2) is 34.2 Å². The standard InChI is InChI=1S/C10H16N4O/c1-13-6-8(5-12-13)10-7(4-11)3-9(15)14(10)2/h5-7,10H,3-4,11H2,1-2H3/t7-,10+/m1/s1. The first-order valence-corrected chi connectivity index (χ1v) is 5.07. The van der Waals surface area contributed by atoms with E-state index in [4.69, 9.17) is 5.73 Å². The number of nitrogens with zero attached hydrogens (tertiary/aromatic N) is 3. The van der Waals surface area contributed by atoms with Gasteiger partial charge in [-0.05, 0) is 6.54 Å². The van der Waals surface area contributed by atoms with Crippen LogP contribution in [0.25, 0.3) is 0 Å². The highest BCUT2D eigenvalue weighted by atomic mass is 16.2. The van der Waals surface area contributed by atoms with Crippen molar-refractivity contribution in [2.45, 2.75) is 12.5 Å². The highest BCUT2D eigenvalue weighted by molar-refractivity contribution is 5.79. The summed E-state index contributed by atoms with van der Waals surface area (Å²) in [6.07, 6.45) is 4.30. The average molecular weight is 208 g/mol. The van der Waals surface area contributed by atoms with E-state index in [-0.39, 0.29) is 17.9 Å². The lowest BCUT2D eigenvalue weighted by molar-refractivity contribution is -0.127. The summed E-state index contributed by atoms with van der Waals surface area (Å²) < 4.78 is 1.75. The van der Waals surface area contributed by atoms with Gasteiger partial charge < -0.3 is 10.6 Å². The maximum absolute atomic E-state index is 11.6. The summed E-state index contributed by atoms with van der Waals surface area (Å²) in [7, 11) is 3.70. The predicted molar refractivity (Wildman–Crippen MR) is 55.9 cm³/mol. The lowest BCUT2D eigenvalue weighted by atomic mass is 9.96. The number of amides is 1. The number of nitrogens with two attached hydrogens (primary N) is 1. The molecule has 0 aromatic carbocycles. The van der Waals surface area contributed by atoms with Gasteiger partial charge in [0.25, 0.3) is 0 Å². The van der Waals surface area contributed by atoms with Gasteiger partial charge in [0.05, 0.1) is 12.2 Å².